The van der Waals surface area contributed by atoms with E-state index in [0.717, 1.165) is 0 Å². The van der Waals surface area contributed by atoms with Crippen LogP contribution in [-0.4, -0.2) is 61.6 Å². The van der Waals surface area contributed by atoms with Gasteiger partial charge in [-0.1, -0.05) is 15.5 Å². The number of aliphatic hydroxyl groups is 1. The molecule has 0 aromatic heterocycles. The molecular weight excluding hydrogens is 286 g/mol. The van der Waals surface area contributed by atoms with E-state index in [1.165, 1.54) is 0 Å². The first-order valence-corrected chi connectivity index (χ1v) is 6.68. The minimum Gasteiger partial charge on any atom is -0.394 e. The standard InChI is InChI=1S/C11H17N3O7/c15-3-7-1-6(12-16)2-10(20-7)21-9-5-19-4-8(13-17)11(9)14-18/h6-11,15H,1-5H2/t6-,7-,8-,9+,10-,11+/m1/s1. The fraction of sp³-hybridized carbons (Fsp3) is 1.00. The molecule has 0 spiro atoms. The molecule has 0 amide bonds. The van der Waals surface area contributed by atoms with Crippen molar-refractivity contribution in [1.82, 2.24) is 0 Å². The van der Waals surface area contributed by atoms with Gasteiger partial charge in [0.25, 0.3) is 0 Å². The normalized spacial score (nSPS) is 40.4. The van der Waals surface area contributed by atoms with E-state index in [2.05, 4.69) is 15.5 Å². The molecule has 118 valence electrons. The van der Waals surface area contributed by atoms with Crippen LogP contribution < -0.4 is 0 Å². The van der Waals surface area contributed by atoms with Crippen LogP contribution in [0.15, 0.2) is 15.5 Å². The summed E-state index contributed by atoms with van der Waals surface area (Å²) in [5, 5.41) is 17.8. The maximum absolute atomic E-state index is 10.9. The minimum atomic E-state index is -0.961. The van der Waals surface area contributed by atoms with Crippen LogP contribution >= 0.6 is 0 Å². The summed E-state index contributed by atoms with van der Waals surface area (Å²) in [7, 11) is 0. The quantitative estimate of drug-likeness (QED) is 0.697. The number of nitrogens with zero attached hydrogens (tertiary/aromatic N) is 3. The Kier molecular flexibility index (Phi) is 5.79. The van der Waals surface area contributed by atoms with E-state index in [-0.39, 0.29) is 26.2 Å². The van der Waals surface area contributed by atoms with E-state index in [1.54, 1.807) is 0 Å². The lowest BCUT2D eigenvalue weighted by Crippen LogP contribution is -2.50. The number of nitroso groups, excluding NO2 is 3. The summed E-state index contributed by atoms with van der Waals surface area (Å²) in [5.41, 5.74) is 0. The van der Waals surface area contributed by atoms with Crippen molar-refractivity contribution >= 4 is 0 Å². The average molecular weight is 303 g/mol. The fourth-order valence-electron chi connectivity index (χ4n) is 2.53. The minimum absolute atomic E-state index is 0.0169. The van der Waals surface area contributed by atoms with Gasteiger partial charge in [0.15, 0.2) is 6.29 Å². The van der Waals surface area contributed by atoms with Gasteiger partial charge in [-0.2, -0.15) is 14.7 Å². The van der Waals surface area contributed by atoms with Gasteiger partial charge in [0.05, 0.1) is 32.0 Å². The Morgan fingerprint density at radius 3 is 2.52 bits per heavy atom. The molecule has 0 aliphatic carbocycles. The lowest BCUT2D eigenvalue weighted by Gasteiger charge is -2.36. The van der Waals surface area contributed by atoms with Gasteiger partial charge in [-0.15, -0.1) is 0 Å². The topological polar surface area (TPSA) is 136 Å². The zero-order chi connectivity index (χ0) is 15.2. The predicted octanol–water partition coefficient (Wildman–Crippen LogP) is 0.304. The van der Waals surface area contributed by atoms with Gasteiger partial charge < -0.3 is 19.3 Å². The molecule has 2 heterocycles. The molecule has 2 rings (SSSR count). The van der Waals surface area contributed by atoms with Crippen LogP contribution in [0, 0.1) is 14.7 Å². The molecule has 2 aliphatic rings. The third kappa shape index (κ3) is 3.84. The van der Waals surface area contributed by atoms with E-state index in [9.17, 15) is 14.7 Å². The first-order valence-electron chi connectivity index (χ1n) is 6.68. The smallest absolute Gasteiger partial charge is 0.160 e. The van der Waals surface area contributed by atoms with Gasteiger partial charge in [0.1, 0.15) is 18.2 Å². The van der Waals surface area contributed by atoms with Crippen LogP contribution in [0.1, 0.15) is 12.8 Å². The van der Waals surface area contributed by atoms with Gasteiger partial charge in [-0.25, -0.2) is 0 Å². The number of rotatable bonds is 6. The summed E-state index contributed by atoms with van der Waals surface area (Å²) in [6.45, 7) is -0.171. The third-order valence-electron chi connectivity index (χ3n) is 3.63. The monoisotopic (exact) mass is 303 g/mol. The van der Waals surface area contributed by atoms with E-state index < -0.39 is 36.6 Å². The summed E-state index contributed by atoms with van der Waals surface area (Å²) in [6, 6.07) is -2.40. The Morgan fingerprint density at radius 1 is 1.10 bits per heavy atom. The van der Waals surface area contributed by atoms with Crippen LogP contribution in [0.5, 0.6) is 0 Å². The Bertz CT molecular complexity index is 383. The summed E-state index contributed by atoms with van der Waals surface area (Å²) in [4.78, 5) is 32.2. The average Bonchev–Trinajstić information content (AvgIpc) is 2.54. The molecule has 6 atom stereocenters. The van der Waals surface area contributed by atoms with Crippen LogP contribution in [0.2, 0.25) is 0 Å². The van der Waals surface area contributed by atoms with Gasteiger partial charge in [0.2, 0.25) is 0 Å². The highest BCUT2D eigenvalue weighted by Gasteiger charge is 2.40. The van der Waals surface area contributed by atoms with Gasteiger partial charge in [-0.3, -0.25) is 0 Å². The van der Waals surface area contributed by atoms with Crippen molar-refractivity contribution in [3.05, 3.63) is 14.7 Å². The van der Waals surface area contributed by atoms with Crippen molar-refractivity contribution in [2.24, 2.45) is 15.5 Å². The number of ether oxygens (including phenoxy) is 3. The molecule has 21 heavy (non-hydrogen) atoms. The SMILES string of the molecule is O=N[C@@H]1C[C@H](CO)O[C@H](O[C@H]2COC[C@@H](N=O)[C@@H]2N=O)C1. The molecule has 0 saturated carbocycles. The second-order valence-electron chi connectivity index (χ2n) is 5.08. The van der Waals surface area contributed by atoms with Gasteiger partial charge in [0, 0.05) is 12.8 Å². The fourth-order valence-corrected chi connectivity index (χ4v) is 2.53. The lowest BCUT2D eigenvalue weighted by atomic mass is 10.0. The molecule has 10 nitrogen and oxygen atoms in total. The van der Waals surface area contributed by atoms with E-state index in [1.807, 2.05) is 0 Å². The molecule has 0 bridgehead atoms. The summed E-state index contributed by atoms with van der Waals surface area (Å²) in [5.74, 6) is 0. The second kappa shape index (κ2) is 7.59. The molecule has 0 radical (unpaired) electrons. The Labute approximate surface area is 120 Å². The summed E-state index contributed by atoms with van der Waals surface area (Å²) < 4.78 is 16.2. The molecule has 2 saturated heterocycles. The van der Waals surface area contributed by atoms with Crippen LogP contribution in [-0.2, 0) is 14.2 Å². The Hall–Kier alpha value is -1.36. The highest BCUT2D eigenvalue weighted by Crippen LogP contribution is 2.26. The van der Waals surface area contributed by atoms with Crippen molar-refractivity contribution in [3.8, 4) is 0 Å². The molecule has 0 aromatic carbocycles. The Morgan fingerprint density at radius 2 is 1.90 bits per heavy atom. The van der Waals surface area contributed by atoms with Crippen molar-refractivity contribution < 1.29 is 19.3 Å². The molecule has 0 aromatic rings. The van der Waals surface area contributed by atoms with Gasteiger partial charge in [-0.05, 0) is 0 Å². The van der Waals surface area contributed by atoms with Crippen LogP contribution in [0.25, 0.3) is 0 Å². The highest BCUT2D eigenvalue weighted by atomic mass is 16.7. The van der Waals surface area contributed by atoms with Gasteiger partial charge >= 0.3 is 0 Å². The maximum atomic E-state index is 10.9. The zero-order valence-corrected chi connectivity index (χ0v) is 11.2. The molecule has 2 aliphatic heterocycles. The molecule has 2 fully saturated rings. The maximum Gasteiger partial charge on any atom is 0.160 e. The molecule has 0 unspecified atom stereocenters. The third-order valence-corrected chi connectivity index (χ3v) is 3.63. The van der Waals surface area contributed by atoms with E-state index in [0.29, 0.717) is 6.42 Å². The van der Waals surface area contributed by atoms with Crippen LogP contribution in [0.4, 0.5) is 0 Å². The van der Waals surface area contributed by atoms with Crippen molar-refractivity contribution in [2.75, 3.05) is 19.8 Å². The number of aliphatic hydroxyl groups excluding tert-OH is 1. The lowest BCUT2D eigenvalue weighted by molar-refractivity contribution is -0.239. The second-order valence-corrected chi connectivity index (χ2v) is 5.08. The predicted molar refractivity (Wildman–Crippen MR) is 69.4 cm³/mol. The molecule has 10 heteroatoms. The first kappa shape index (κ1) is 16.0. The van der Waals surface area contributed by atoms with Crippen molar-refractivity contribution in [1.29, 1.82) is 0 Å². The van der Waals surface area contributed by atoms with E-state index >= 15 is 0 Å². The van der Waals surface area contributed by atoms with Crippen LogP contribution in [0.3, 0.4) is 0 Å². The largest absolute Gasteiger partial charge is 0.394 e. The summed E-state index contributed by atoms with van der Waals surface area (Å²) >= 11 is 0. The van der Waals surface area contributed by atoms with E-state index in [4.69, 9.17) is 19.3 Å². The van der Waals surface area contributed by atoms with Crippen molar-refractivity contribution in [3.63, 3.8) is 0 Å². The zero-order valence-electron chi connectivity index (χ0n) is 11.2. The number of hydrogen-bond donors (Lipinski definition) is 1. The first-order chi connectivity index (χ1) is 10.2. The number of hydrogen-bond acceptors (Lipinski definition) is 10. The summed E-state index contributed by atoms with van der Waals surface area (Å²) in [6.07, 6.45) is -1.63. The molecule has 1 N–H and O–H groups in total. The Balaban J connectivity index is 1.99. The molecular formula is C11H17N3O7. The highest BCUT2D eigenvalue weighted by molar-refractivity contribution is 4.92. The van der Waals surface area contributed by atoms with Crippen molar-refractivity contribution in [2.45, 2.75) is 49.5 Å².